The highest BCUT2D eigenvalue weighted by Gasteiger charge is 2.31. The Kier molecular flexibility index (Phi) is 5.97. The summed E-state index contributed by atoms with van der Waals surface area (Å²) in [5.74, 6) is 0.346. The average molecular weight is 469 g/mol. The van der Waals surface area contributed by atoms with Crippen LogP contribution in [0.4, 0.5) is 23.7 Å². The second kappa shape index (κ2) is 8.28. The van der Waals surface area contributed by atoms with Crippen molar-refractivity contribution in [1.82, 2.24) is 5.16 Å². The fourth-order valence-corrected chi connectivity index (χ4v) is 2.91. The molecule has 3 aromatic rings. The van der Waals surface area contributed by atoms with Gasteiger partial charge in [-0.25, -0.2) is 4.79 Å². The van der Waals surface area contributed by atoms with Crippen LogP contribution >= 0.6 is 15.9 Å². The molecule has 0 aliphatic rings. The molecule has 152 valence electrons. The van der Waals surface area contributed by atoms with Gasteiger partial charge in [-0.3, -0.25) is 5.32 Å². The lowest BCUT2D eigenvalue weighted by molar-refractivity contribution is -0.137. The molecular formula is C20H16BrF3N2O3. The van der Waals surface area contributed by atoms with Gasteiger partial charge in [-0.2, -0.15) is 13.2 Å². The Bertz CT molecular complexity index is 1020. The number of hydrogen-bond donors (Lipinski definition) is 1. The highest BCUT2D eigenvalue weighted by molar-refractivity contribution is 9.10. The van der Waals surface area contributed by atoms with Gasteiger partial charge in [0.15, 0.2) is 5.76 Å². The van der Waals surface area contributed by atoms with E-state index in [-0.39, 0.29) is 5.56 Å². The molecule has 1 heterocycles. The Morgan fingerprint density at radius 1 is 1.21 bits per heavy atom. The van der Waals surface area contributed by atoms with Gasteiger partial charge in [0.25, 0.3) is 0 Å². The van der Waals surface area contributed by atoms with Crippen LogP contribution in [0.15, 0.2) is 57.5 Å². The van der Waals surface area contributed by atoms with Crippen LogP contribution in [0.2, 0.25) is 0 Å². The number of aromatic nitrogens is 1. The normalized spacial score (nSPS) is 12.5. The predicted octanol–water partition coefficient (Wildman–Crippen LogP) is 6.74. The highest BCUT2D eigenvalue weighted by Crippen LogP contribution is 2.33. The van der Waals surface area contributed by atoms with E-state index < -0.39 is 23.9 Å². The fourth-order valence-electron chi connectivity index (χ4n) is 2.64. The number of benzene rings is 2. The first-order chi connectivity index (χ1) is 13.6. The van der Waals surface area contributed by atoms with Gasteiger partial charge in [0, 0.05) is 10.0 Å². The van der Waals surface area contributed by atoms with Crippen molar-refractivity contribution >= 4 is 27.7 Å². The zero-order chi connectivity index (χ0) is 21.2. The lowest BCUT2D eigenvalue weighted by atomic mass is 10.1. The summed E-state index contributed by atoms with van der Waals surface area (Å²) < 4.78 is 50.1. The lowest BCUT2D eigenvalue weighted by Gasteiger charge is -2.16. The summed E-state index contributed by atoms with van der Waals surface area (Å²) in [6.07, 6.45) is -6.20. The summed E-state index contributed by atoms with van der Waals surface area (Å²) in [5, 5.41) is 6.43. The molecular weight excluding hydrogens is 453 g/mol. The molecule has 0 spiro atoms. The van der Waals surface area contributed by atoms with E-state index in [1.807, 2.05) is 12.1 Å². The zero-order valence-electron chi connectivity index (χ0n) is 15.4. The molecule has 3 rings (SSSR count). The van der Waals surface area contributed by atoms with E-state index in [4.69, 9.17) is 9.26 Å². The van der Waals surface area contributed by atoms with Crippen LogP contribution in [0.25, 0.3) is 11.3 Å². The number of hydrogen-bond acceptors (Lipinski definition) is 4. The summed E-state index contributed by atoms with van der Waals surface area (Å²) in [4.78, 5) is 12.3. The summed E-state index contributed by atoms with van der Waals surface area (Å²) in [6, 6.07) is 11.8. The Balaban J connectivity index is 1.75. The zero-order valence-corrected chi connectivity index (χ0v) is 17.0. The highest BCUT2D eigenvalue weighted by atomic mass is 79.9. The van der Waals surface area contributed by atoms with Crippen molar-refractivity contribution in [3.8, 4) is 11.3 Å². The van der Waals surface area contributed by atoms with Crippen molar-refractivity contribution in [3.63, 3.8) is 0 Å². The van der Waals surface area contributed by atoms with Crippen molar-refractivity contribution in [1.29, 1.82) is 0 Å². The van der Waals surface area contributed by atoms with E-state index in [0.717, 1.165) is 16.6 Å². The van der Waals surface area contributed by atoms with Crippen LogP contribution in [0.1, 0.15) is 29.8 Å². The second-order valence-corrected chi connectivity index (χ2v) is 7.19. The minimum Gasteiger partial charge on any atom is -0.441 e. The predicted molar refractivity (Wildman–Crippen MR) is 104 cm³/mol. The maximum atomic E-state index is 12.9. The number of anilines is 1. The molecule has 0 aliphatic carbocycles. The van der Waals surface area contributed by atoms with Crippen molar-refractivity contribution in [3.05, 3.63) is 69.8 Å². The summed E-state index contributed by atoms with van der Waals surface area (Å²) in [7, 11) is 0. The van der Waals surface area contributed by atoms with Crippen molar-refractivity contribution in [2.24, 2.45) is 0 Å². The number of nitrogens with zero attached hydrogens (tertiary/aromatic N) is 1. The molecule has 0 bridgehead atoms. The average Bonchev–Trinajstić information content (AvgIpc) is 3.02. The first-order valence-corrected chi connectivity index (χ1v) is 9.31. The second-order valence-electron chi connectivity index (χ2n) is 6.27. The fraction of sp³-hybridized carbons (Fsp3) is 0.200. The van der Waals surface area contributed by atoms with Gasteiger partial charge in [0.2, 0.25) is 0 Å². The van der Waals surface area contributed by atoms with E-state index in [1.54, 1.807) is 19.1 Å². The quantitative estimate of drug-likeness (QED) is 0.460. The molecule has 2 aromatic carbocycles. The van der Waals surface area contributed by atoms with E-state index in [2.05, 4.69) is 26.4 Å². The molecule has 0 radical (unpaired) electrons. The number of amides is 1. The van der Waals surface area contributed by atoms with Crippen LogP contribution in [0, 0.1) is 6.92 Å². The van der Waals surface area contributed by atoms with Crippen LogP contribution in [0.3, 0.4) is 0 Å². The Hall–Kier alpha value is -2.81. The Labute approximate surface area is 173 Å². The Morgan fingerprint density at radius 3 is 2.55 bits per heavy atom. The number of rotatable bonds is 4. The molecule has 1 aromatic heterocycles. The number of nitrogens with one attached hydrogen (secondary N) is 1. The van der Waals surface area contributed by atoms with E-state index in [9.17, 15) is 18.0 Å². The molecule has 5 nitrogen and oxygen atoms in total. The van der Waals surface area contributed by atoms with Gasteiger partial charge in [-0.05, 0) is 55.8 Å². The molecule has 0 saturated carbocycles. The minimum atomic E-state index is -4.48. The van der Waals surface area contributed by atoms with Gasteiger partial charge in [-0.15, -0.1) is 0 Å². The topological polar surface area (TPSA) is 64.4 Å². The molecule has 0 saturated heterocycles. The minimum absolute atomic E-state index is 0.227. The third kappa shape index (κ3) is 4.97. The maximum Gasteiger partial charge on any atom is 0.416 e. The Morgan fingerprint density at radius 2 is 1.90 bits per heavy atom. The monoisotopic (exact) mass is 468 g/mol. The van der Waals surface area contributed by atoms with E-state index >= 15 is 0 Å². The van der Waals surface area contributed by atoms with Crippen molar-refractivity contribution in [2.75, 3.05) is 5.32 Å². The summed E-state index contributed by atoms with van der Waals surface area (Å²) in [5.41, 5.74) is 0.874. The molecule has 29 heavy (non-hydrogen) atoms. The SMILES string of the molecule is Cc1noc(-c2ccc(Br)cc2)c1NC(=O)O[C@H](C)c1cccc(C(F)(F)F)c1. The van der Waals surface area contributed by atoms with Crippen molar-refractivity contribution in [2.45, 2.75) is 26.1 Å². The molecule has 1 atom stereocenters. The van der Waals surface area contributed by atoms with Gasteiger partial charge < -0.3 is 9.26 Å². The molecule has 9 heteroatoms. The number of halogens is 4. The van der Waals surface area contributed by atoms with Crippen LogP contribution in [-0.2, 0) is 10.9 Å². The van der Waals surface area contributed by atoms with E-state index in [0.29, 0.717) is 22.7 Å². The summed E-state index contributed by atoms with van der Waals surface area (Å²) in [6.45, 7) is 3.14. The smallest absolute Gasteiger partial charge is 0.416 e. The standard InChI is InChI=1S/C20H16BrF3N2O3/c1-11-17(18(29-26-11)13-6-8-16(21)9-7-13)25-19(27)28-12(2)14-4-3-5-15(10-14)20(22,23)24/h3-10,12H,1-2H3,(H,25,27)/t12-/m1/s1. The first-order valence-electron chi connectivity index (χ1n) is 8.52. The number of aryl methyl sites for hydroxylation is 1. The van der Waals surface area contributed by atoms with Crippen molar-refractivity contribution < 1.29 is 27.2 Å². The molecule has 0 unspecified atom stereocenters. The summed E-state index contributed by atoms with van der Waals surface area (Å²) >= 11 is 3.34. The van der Waals surface area contributed by atoms with E-state index in [1.165, 1.54) is 19.1 Å². The van der Waals surface area contributed by atoms with Crippen LogP contribution in [0.5, 0.6) is 0 Å². The van der Waals surface area contributed by atoms with Gasteiger partial charge >= 0.3 is 12.3 Å². The lowest BCUT2D eigenvalue weighted by Crippen LogP contribution is -2.17. The number of carbonyl (C=O) groups is 1. The largest absolute Gasteiger partial charge is 0.441 e. The number of ether oxygens (including phenoxy) is 1. The van der Waals surface area contributed by atoms with Gasteiger partial charge in [-0.1, -0.05) is 33.2 Å². The first kappa shape index (κ1) is 20.9. The van der Waals surface area contributed by atoms with Gasteiger partial charge in [0.1, 0.15) is 17.5 Å². The molecule has 0 fully saturated rings. The third-order valence-corrected chi connectivity index (χ3v) is 4.69. The molecule has 1 amide bonds. The molecule has 0 aliphatic heterocycles. The van der Waals surface area contributed by atoms with Crippen LogP contribution < -0.4 is 5.32 Å². The number of alkyl halides is 3. The van der Waals surface area contributed by atoms with Crippen LogP contribution in [-0.4, -0.2) is 11.2 Å². The molecule has 1 N–H and O–H groups in total. The number of carbonyl (C=O) groups excluding carboxylic acids is 1. The maximum absolute atomic E-state index is 12.9. The van der Waals surface area contributed by atoms with Gasteiger partial charge in [0.05, 0.1) is 5.56 Å². The third-order valence-electron chi connectivity index (χ3n) is 4.16.